The van der Waals surface area contributed by atoms with Crippen molar-refractivity contribution in [1.29, 1.82) is 0 Å². The van der Waals surface area contributed by atoms with Crippen LogP contribution in [0.1, 0.15) is 18.4 Å². The van der Waals surface area contributed by atoms with Crippen LogP contribution in [0.25, 0.3) is 0 Å². The van der Waals surface area contributed by atoms with Crippen molar-refractivity contribution in [3.63, 3.8) is 0 Å². The van der Waals surface area contributed by atoms with E-state index < -0.39 is 0 Å². The highest BCUT2D eigenvalue weighted by atomic mass is 16.5. The number of para-hydroxylation sites is 1. The van der Waals surface area contributed by atoms with Crippen LogP contribution in [0, 0.1) is 0 Å². The van der Waals surface area contributed by atoms with Gasteiger partial charge in [0.2, 0.25) is 0 Å². The van der Waals surface area contributed by atoms with E-state index in [1.165, 1.54) is 5.56 Å². The molecule has 2 aromatic carbocycles. The Kier molecular flexibility index (Phi) is 4.34. The predicted octanol–water partition coefficient (Wildman–Crippen LogP) is 3.44. The summed E-state index contributed by atoms with van der Waals surface area (Å²) in [6, 6.07) is 21.1. The standard InChI is InChI=1S/C18H20NO/c1-3-7-15(8-4-1)13-16-14-18(11-12-19-16)20-17-9-5-2-6-10-17/h1-10,16,18H,11-14H2. The highest BCUT2D eigenvalue weighted by Crippen LogP contribution is 2.20. The molecule has 1 aliphatic rings. The zero-order valence-corrected chi connectivity index (χ0v) is 11.6. The number of ether oxygens (including phenoxy) is 1. The lowest BCUT2D eigenvalue weighted by Gasteiger charge is -2.29. The predicted molar refractivity (Wildman–Crippen MR) is 81.0 cm³/mol. The molecule has 103 valence electrons. The summed E-state index contributed by atoms with van der Waals surface area (Å²) in [5.41, 5.74) is 1.36. The summed E-state index contributed by atoms with van der Waals surface area (Å²) in [5, 5.41) is 4.74. The lowest BCUT2D eigenvalue weighted by atomic mass is 9.96. The normalized spacial score (nSPS) is 22.4. The van der Waals surface area contributed by atoms with Crippen molar-refractivity contribution in [3.8, 4) is 5.75 Å². The summed E-state index contributed by atoms with van der Waals surface area (Å²) in [7, 11) is 0. The van der Waals surface area contributed by atoms with E-state index in [4.69, 9.17) is 10.1 Å². The number of benzene rings is 2. The molecular weight excluding hydrogens is 246 g/mol. The molecule has 2 atom stereocenters. The van der Waals surface area contributed by atoms with Crippen LogP contribution in [0.4, 0.5) is 0 Å². The Balaban J connectivity index is 1.57. The summed E-state index contributed by atoms with van der Waals surface area (Å²) in [5.74, 6) is 0.970. The van der Waals surface area contributed by atoms with Gasteiger partial charge in [0.1, 0.15) is 11.9 Å². The minimum atomic E-state index is 0.295. The minimum Gasteiger partial charge on any atom is -0.490 e. The van der Waals surface area contributed by atoms with Crippen LogP contribution >= 0.6 is 0 Å². The molecule has 1 radical (unpaired) electrons. The van der Waals surface area contributed by atoms with E-state index in [0.717, 1.165) is 31.6 Å². The number of rotatable bonds is 4. The molecule has 1 heterocycles. The molecule has 1 aliphatic heterocycles. The van der Waals surface area contributed by atoms with Gasteiger partial charge in [-0.05, 0) is 30.5 Å². The number of nitrogens with zero attached hydrogens (tertiary/aromatic N) is 1. The second-order valence-corrected chi connectivity index (χ2v) is 5.33. The molecular formula is C18H20NO. The third kappa shape index (κ3) is 3.61. The maximum Gasteiger partial charge on any atom is 0.119 e. The Labute approximate surface area is 120 Å². The van der Waals surface area contributed by atoms with E-state index in [1.54, 1.807) is 0 Å². The molecule has 0 N–H and O–H groups in total. The van der Waals surface area contributed by atoms with Crippen LogP contribution < -0.4 is 10.1 Å². The maximum atomic E-state index is 6.06. The van der Waals surface area contributed by atoms with Crippen LogP contribution in [0.3, 0.4) is 0 Å². The minimum absolute atomic E-state index is 0.295. The van der Waals surface area contributed by atoms with Gasteiger partial charge in [0.05, 0.1) is 0 Å². The third-order valence-corrected chi connectivity index (χ3v) is 3.73. The lowest BCUT2D eigenvalue weighted by molar-refractivity contribution is 0.138. The average molecular weight is 266 g/mol. The van der Waals surface area contributed by atoms with Crippen molar-refractivity contribution < 1.29 is 4.74 Å². The average Bonchev–Trinajstić information content (AvgIpc) is 2.50. The highest BCUT2D eigenvalue weighted by Gasteiger charge is 2.23. The van der Waals surface area contributed by atoms with Crippen molar-refractivity contribution in [3.05, 3.63) is 66.2 Å². The summed E-state index contributed by atoms with van der Waals surface area (Å²) >= 11 is 0. The fourth-order valence-electron chi connectivity index (χ4n) is 2.73. The highest BCUT2D eigenvalue weighted by molar-refractivity contribution is 5.21. The Bertz CT molecular complexity index is 464. The number of hydrogen-bond donors (Lipinski definition) is 0. The first-order chi connectivity index (χ1) is 9.90. The van der Waals surface area contributed by atoms with Gasteiger partial charge in [-0.1, -0.05) is 48.5 Å². The SMILES string of the molecule is c1ccc(CC2CC(Oc3ccccc3)CC[N]2)cc1. The van der Waals surface area contributed by atoms with Gasteiger partial charge in [-0.15, -0.1) is 0 Å². The van der Waals surface area contributed by atoms with E-state index in [1.807, 2.05) is 30.3 Å². The van der Waals surface area contributed by atoms with Crippen molar-refractivity contribution in [2.24, 2.45) is 0 Å². The first kappa shape index (κ1) is 13.2. The Hall–Kier alpha value is -1.80. The first-order valence-electron chi connectivity index (χ1n) is 7.32. The van der Waals surface area contributed by atoms with Gasteiger partial charge >= 0.3 is 0 Å². The van der Waals surface area contributed by atoms with Gasteiger partial charge in [0, 0.05) is 19.0 Å². The quantitative estimate of drug-likeness (QED) is 0.831. The Morgan fingerprint density at radius 3 is 2.40 bits per heavy atom. The van der Waals surface area contributed by atoms with Gasteiger partial charge in [-0.2, -0.15) is 0 Å². The molecule has 2 heteroatoms. The summed E-state index contributed by atoms with van der Waals surface area (Å²) in [6.07, 6.45) is 3.36. The molecule has 2 aromatic rings. The van der Waals surface area contributed by atoms with Crippen LogP contribution in [-0.4, -0.2) is 18.7 Å². The monoisotopic (exact) mass is 266 g/mol. The summed E-state index contributed by atoms with van der Waals surface area (Å²) in [4.78, 5) is 0. The molecule has 2 nitrogen and oxygen atoms in total. The molecule has 0 bridgehead atoms. The van der Waals surface area contributed by atoms with E-state index >= 15 is 0 Å². The molecule has 1 saturated heterocycles. The first-order valence-corrected chi connectivity index (χ1v) is 7.32. The van der Waals surface area contributed by atoms with Crippen LogP contribution in [0.5, 0.6) is 5.75 Å². The second-order valence-electron chi connectivity index (χ2n) is 5.33. The summed E-state index contributed by atoms with van der Waals surface area (Å²) in [6.45, 7) is 0.912. The van der Waals surface area contributed by atoms with Gasteiger partial charge in [0.15, 0.2) is 0 Å². The molecule has 0 spiro atoms. The molecule has 1 fully saturated rings. The van der Waals surface area contributed by atoms with Crippen molar-refractivity contribution >= 4 is 0 Å². The second kappa shape index (κ2) is 6.58. The van der Waals surface area contributed by atoms with Gasteiger partial charge < -0.3 is 4.74 Å². The van der Waals surface area contributed by atoms with E-state index in [-0.39, 0.29) is 0 Å². The Morgan fingerprint density at radius 2 is 1.65 bits per heavy atom. The number of hydrogen-bond acceptors (Lipinski definition) is 1. The molecule has 0 saturated carbocycles. The molecule has 3 rings (SSSR count). The molecule has 0 amide bonds. The van der Waals surface area contributed by atoms with Crippen molar-refractivity contribution in [2.75, 3.05) is 6.54 Å². The molecule has 2 unspecified atom stereocenters. The zero-order chi connectivity index (χ0) is 13.6. The topological polar surface area (TPSA) is 23.3 Å². The van der Waals surface area contributed by atoms with Crippen LogP contribution in [0.2, 0.25) is 0 Å². The lowest BCUT2D eigenvalue weighted by Crippen LogP contribution is -2.39. The van der Waals surface area contributed by atoms with Crippen LogP contribution in [0.15, 0.2) is 60.7 Å². The van der Waals surface area contributed by atoms with E-state index in [9.17, 15) is 0 Å². The smallest absolute Gasteiger partial charge is 0.119 e. The Morgan fingerprint density at radius 1 is 0.950 bits per heavy atom. The number of piperidine rings is 1. The largest absolute Gasteiger partial charge is 0.490 e. The molecule has 0 aliphatic carbocycles. The summed E-state index contributed by atoms with van der Waals surface area (Å²) < 4.78 is 6.06. The zero-order valence-electron chi connectivity index (χ0n) is 11.6. The van der Waals surface area contributed by atoms with Gasteiger partial charge in [-0.25, -0.2) is 5.32 Å². The third-order valence-electron chi connectivity index (χ3n) is 3.73. The van der Waals surface area contributed by atoms with E-state index in [2.05, 4.69) is 30.3 Å². The molecule has 0 aromatic heterocycles. The van der Waals surface area contributed by atoms with Gasteiger partial charge in [-0.3, -0.25) is 0 Å². The molecule has 20 heavy (non-hydrogen) atoms. The fraction of sp³-hybridized carbons (Fsp3) is 0.333. The van der Waals surface area contributed by atoms with Crippen molar-refractivity contribution in [1.82, 2.24) is 5.32 Å². The van der Waals surface area contributed by atoms with E-state index in [0.29, 0.717) is 12.1 Å². The van der Waals surface area contributed by atoms with Gasteiger partial charge in [0.25, 0.3) is 0 Å². The van der Waals surface area contributed by atoms with Crippen LogP contribution in [-0.2, 0) is 6.42 Å². The fourth-order valence-corrected chi connectivity index (χ4v) is 2.73. The maximum absolute atomic E-state index is 6.06. The van der Waals surface area contributed by atoms with Crippen molar-refractivity contribution in [2.45, 2.75) is 31.4 Å².